The average Bonchev–Trinajstić information content (AvgIpc) is 2.96. The van der Waals surface area contributed by atoms with Crippen molar-refractivity contribution >= 4 is 10.1 Å². The Bertz CT molecular complexity index is 1450. The lowest BCUT2D eigenvalue weighted by Crippen LogP contribution is -2.16. The van der Waals surface area contributed by atoms with Gasteiger partial charge in [-0.2, -0.15) is 8.42 Å². The van der Waals surface area contributed by atoms with E-state index in [1.807, 2.05) is 37.3 Å². The van der Waals surface area contributed by atoms with Crippen LogP contribution in [0.4, 0.5) is 0 Å². The summed E-state index contributed by atoms with van der Waals surface area (Å²) < 4.78 is 58.6. The van der Waals surface area contributed by atoms with Gasteiger partial charge in [0.25, 0.3) is 10.1 Å². The highest BCUT2D eigenvalue weighted by atomic mass is 32.2. The van der Waals surface area contributed by atoms with Crippen LogP contribution in [0.15, 0.2) is 65.6 Å². The molecule has 0 fully saturated rings. The van der Waals surface area contributed by atoms with E-state index < -0.39 is 10.1 Å². The van der Waals surface area contributed by atoms with Gasteiger partial charge in [-0.25, -0.2) is 0 Å². The number of benzene rings is 3. The first kappa shape index (κ1) is 36.2. The molecule has 0 aliphatic carbocycles. The van der Waals surface area contributed by atoms with Gasteiger partial charge < -0.3 is 28.8 Å². The number of aryl methyl sites for hydroxylation is 1. The summed E-state index contributed by atoms with van der Waals surface area (Å²) in [6.07, 6.45) is 0. The summed E-state index contributed by atoms with van der Waals surface area (Å²) in [6.45, 7) is 16.3. The van der Waals surface area contributed by atoms with Crippen LogP contribution in [0.2, 0.25) is 0 Å². The van der Waals surface area contributed by atoms with Crippen molar-refractivity contribution in [1.82, 2.24) is 0 Å². The Balaban J connectivity index is 1.41. The van der Waals surface area contributed by atoms with Crippen LogP contribution in [0.25, 0.3) is 0 Å². The first-order chi connectivity index (χ1) is 21.2. The quantitative estimate of drug-likeness (QED) is 0.129. The third kappa shape index (κ3) is 11.9. The Labute approximate surface area is 268 Å². The van der Waals surface area contributed by atoms with Gasteiger partial charge in [-0.3, -0.25) is 4.18 Å². The van der Waals surface area contributed by atoms with Gasteiger partial charge in [-0.05, 0) is 65.3 Å². The van der Waals surface area contributed by atoms with Crippen molar-refractivity contribution in [3.8, 4) is 23.0 Å². The molecule has 248 valence electrons. The van der Waals surface area contributed by atoms with Crippen LogP contribution < -0.4 is 14.2 Å². The van der Waals surface area contributed by atoms with E-state index in [4.69, 9.17) is 27.9 Å². The molecule has 3 aromatic carbocycles. The van der Waals surface area contributed by atoms with Crippen LogP contribution in [0.5, 0.6) is 23.0 Å². The number of phenols is 1. The van der Waals surface area contributed by atoms with E-state index in [1.165, 1.54) is 12.1 Å². The van der Waals surface area contributed by atoms with Crippen molar-refractivity contribution in [3.63, 3.8) is 0 Å². The maximum Gasteiger partial charge on any atom is 0.297 e. The van der Waals surface area contributed by atoms with Crippen LogP contribution in [0, 0.1) is 6.92 Å². The van der Waals surface area contributed by atoms with Crippen LogP contribution in [0.3, 0.4) is 0 Å². The Kier molecular flexibility index (Phi) is 13.1. The fourth-order valence-electron chi connectivity index (χ4n) is 4.11. The summed E-state index contributed by atoms with van der Waals surface area (Å²) >= 11 is 0. The van der Waals surface area contributed by atoms with E-state index in [1.54, 1.807) is 18.2 Å². The van der Waals surface area contributed by atoms with Gasteiger partial charge in [0.05, 0.1) is 37.9 Å². The molecule has 0 bridgehead atoms. The summed E-state index contributed by atoms with van der Waals surface area (Å²) in [6, 6.07) is 17.7. The molecule has 0 aliphatic heterocycles. The minimum Gasteiger partial charge on any atom is -0.504 e. The van der Waals surface area contributed by atoms with Crippen LogP contribution >= 0.6 is 0 Å². The minimum absolute atomic E-state index is 0.0536. The van der Waals surface area contributed by atoms with Crippen molar-refractivity contribution in [1.29, 1.82) is 0 Å². The third-order valence-corrected chi connectivity index (χ3v) is 8.19. The van der Waals surface area contributed by atoms with E-state index in [9.17, 15) is 13.5 Å². The van der Waals surface area contributed by atoms with Gasteiger partial charge in [0.15, 0.2) is 23.0 Å². The highest BCUT2D eigenvalue weighted by molar-refractivity contribution is 7.86. The van der Waals surface area contributed by atoms with E-state index in [0.29, 0.717) is 37.1 Å². The van der Waals surface area contributed by atoms with E-state index in [0.717, 1.165) is 16.7 Å². The van der Waals surface area contributed by atoms with E-state index >= 15 is 0 Å². The SMILES string of the molecule is Cc1ccc(S(=O)(=O)OCCOCCOc2ccc(C(C)(C)C)cc2OCCOCCOc2cc(C(C)(C)C)ccc2O)cc1. The fraction of sp³-hybridized carbons (Fsp3) is 0.486. The molecule has 45 heavy (non-hydrogen) atoms. The summed E-state index contributed by atoms with van der Waals surface area (Å²) in [5, 5.41) is 10.1. The average molecular weight is 645 g/mol. The van der Waals surface area contributed by atoms with E-state index in [2.05, 4.69) is 41.5 Å². The zero-order valence-corrected chi connectivity index (χ0v) is 28.4. The molecule has 0 aliphatic rings. The minimum atomic E-state index is -3.83. The maximum atomic E-state index is 12.3. The van der Waals surface area contributed by atoms with Crippen LogP contribution in [-0.4, -0.2) is 66.4 Å². The summed E-state index contributed by atoms with van der Waals surface area (Å²) in [5.41, 5.74) is 3.00. The molecule has 10 heteroatoms. The number of phenolic OH excluding ortho intramolecular Hbond substituents is 1. The first-order valence-electron chi connectivity index (χ1n) is 15.1. The van der Waals surface area contributed by atoms with Gasteiger partial charge >= 0.3 is 0 Å². The second-order valence-corrected chi connectivity index (χ2v) is 14.3. The lowest BCUT2D eigenvalue weighted by atomic mass is 9.87. The summed E-state index contributed by atoms with van der Waals surface area (Å²) in [5.74, 6) is 1.70. The fourth-order valence-corrected chi connectivity index (χ4v) is 5.01. The molecule has 1 N–H and O–H groups in total. The second-order valence-electron chi connectivity index (χ2n) is 12.7. The van der Waals surface area contributed by atoms with Gasteiger partial charge in [0, 0.05) is 0 Å². The Hall–Kier alpha value is -3.31. The molecule has 3 rings (SSSR count). The molecule has 0 saturated heterocycles. The summed E-state index contributed by atoms with van der Waals surface area (Å²) in [4.78, 5) is 0.114. The van der Waals surface area contributed by atoms with Crippen molar-refractivity contribution in [2.75, 3.05) is 52.9 Å². The standard InChI is InChI=1S/C35H48O9S/c1-26-8-12-29(13-9-26)45(37,38)44-23-19-40-16-20-41-31-15-11-28(35(5,6)7)25-33(31)43-22-18-39-17-21-42-32-24-27(34(2,3)4)10-14-30(32)36/h8-15,24-25,36H,16-23H2,1-7H3. The Morgan fingerprint density at radius 1 is 0.578 bits per heavy atom. The van der Waals surface area contributed by atoms with Crippen LogP contribution in [0.1, 0.15) is 58.2 Å². The highest BCUT2D eigenvalue weighted by Gasteiger charge is 2.18. The molecule has 0 amide bonds. The lowest BCUT2D eigenvalue weighted by Gasteiger charge is -2.21. The number of aromatic hydroxyl groups is 1. The van der Waals surface area contributed by atoms with Gasteiger partial charge in [-0.15, -0.1) is 0 Å². The van der Waals surface area contributed by atoms with Crippen molar-refractivity contribution in [2.24, 2.45) is 0 Å². The predicted octanol–water partition coefficient (Wildman–Crippen LogP) is 6.57. The zero-order chi connectivity index (χ0) is 33.1. The van der Waals surface area contributed by atoms with Gasteiger partial charge in [0.1, 0.15) is 19.8 Å². The molecule has 9 nitrogen and oxygen atoms in total. The number of ether oxygens (including phenoxy) is 5. The zero-order valence-electron chi connectivity index (χ0n) is 27.6. The van der Waals surface area contributed by atoms with Crippen LogP contribution in [-0.2, 0) is 34.6 Å². The first-order valence-corrected chi connectivity index (χ1v) is 16.6. The molecule has 0 spiro atoms. The van der Waals surface area contributed by atoms with Crippen molar-refractivity contribution in [3.05, 3.63) is 77.4 Å². The Morgan fingerprint density at radius 2 is 1.04 bits per heavy atom. The monoisotopic (exact) mass is 644 g/mol. The molecular formula is C35H48O9S. The molecule has 0 atom stereocenters. The third-order valence-electron chi connectivity index (χ3n) is 6.87. The topological polar surface area (TPSA) is 110 Å². The molecule has 0 saturated carbocycles. The summed E-state index contributed by atoms with van der Waals surface area (Å²) in [7, 11) is -3.83. The molecule has 3 aromatic rings. The normalized spacial score (nSPS) is 12.2. The van der Waals surface area contributed by atoms with Gasteiger partial charge in [0.2, 0.25) is 0 Å². The molecule has 0 heterocycles. The lowest BCUT2D eigenvalue weighted by molar-refractivity contribution is 0.0701. The van der Waals surface area contributed by atoms with E-state index in [-0.39, 0.29) is 54.5 Å². The predicted molar refractivity (Wildman–Crippen MR) is 174 cm³/mol. The number of hydrogen-bond donors (Lipinski definition) is 1. The van der Waals surface area contributed by atoms with Crippen molar-refractivity contribution < 1.29 is 41.4 Å². The molecule has 0 aromatic heterocycles. The molecule has 0 radical (unpaired) electrons. The number of rotatable bonds is 17. The Morgan fingerprint density at radius 3 is 1.60 bits per heavy atom. The maximum absolute atomic E-state index is 12.3. The highest BCUT2D eigenvalue weighted by Crippen LogP contribution is 2.34. The van der Waals surface area contributed by atoms with Gasteiger partial charge in [-0.1, -0.05) is 71.4 Å². The second kappa shape index (κ2) is 16.3. The smallest absolute Gasteiger partial charge is 0.297 e. The largest absolute Gasteiger partial charge is 0.504 e. The molecular weight excluding hydrogens is 596 g/mol. The van der Waals surface area contributed by atoms with Crippen molar-refractivity contribution in [2.45, 2.75) is 64.2 Å². The molecule has 0 unspecified atom stereocenters. The number of hydrogen-bond acceptors (Lipinski definition) is 9.